The van der Waals surface area contributed by atoms with E-state index in [4.69, 9.17) is 4.74 Å². The zero-order valence-electron chi connectivity index (χ0n) is 14.9. The summed E-state index contributed by atoms with van der Waals surface area (Å²) in [6, 6.07) is 9.54. The molecule has 7 nitrogen and oxygen atoms in total. The van der Waals surface area contributed by atoms with Crippen molar-refractivity contribution in [1.29, 1.82) is 0 Å². The van der Waals surface area contributed by atoms with Crippen LogP contribution in [0, 0.1) is 5.92 Å². The van der Waals surface area contributed by atoms with Crippen LogP contribution in [0.3, 0.4) is 0 Å². The van der Waals surface area contributed by atoms with E-state index in [0.29, 0.717) is 12.1 Å². The predicted octanol–water partition coefficient (Wildman–Crippen LogP) is 1.93. The molecule has 0 spiro atoms. The Labute approximate surface area is 148 Å². The smallest absolute Gasteiger partial charge is 0.245 e. The summed E-state index contributed by atoms with van der Waals surface area (Å²) in [4.78, 5) is 2.28. The molecular weight excluding hydrogens is 316 g/mol. The molecule has 1 unspecified atom stereocenters. The van der Waals surface area contributed by atoms with Crippen LogP contribution in [0.1, 0.15) is 37.3 Å². The third-order valence-corrected chi connectivity index (χ3v) is 5.36. The predicted molar refractivity (Wildman–Crippen MR) is 95.6 cm³/mol. The number of nitrogens with zero attached hydrogens (tertiary/aromatic N) is 5. The van der Waals surface area contributed by atoms with Gasteiger partial charge < -0.3 is 15.0 Å². The van der Waals surface area contributed by atoms with Crippen molar-refractivity contribution in [2.75, 3.05) is 25.1 Å². The first-order chi connectivity index (χ1) is 12.2. The van der Waals surface area contributed by atoms with Gasteiger partial charge in [-0.2, -0.15) is 0 Å². The number of anilines is 1. The lowest BCUT2D eigenvalue weighted by atomic mass is 9.98. The topological polar surface area (TPSA) is 68.1 Å². The fourth-order valence-corrected chi connectivity index (χ4v) is 3.74. The molecule has 2 aromatic rings. The van der Waals surface area contributed by atoms with Crippen LogP contribution in [0.2, 0.25) is 0 Å². The quantitative estimate of drug-likeness (QED) is 0.865. The van der Waals surface area contributed by atoms with Crippen LogP contribution in [-0.2, 0) is 7.05 Å². The SMILES string of the molecule is COc1ccc(C(NC2CCN(c3nnnn3C)CC2)C2CC2)cc1. The number of rotatable bonds is 6. The number of nitrogens with one attached hydrogen (secondary N) is 1. The first-order valence-electron chi connectivity index (χ1n) is 9.12. The molecular formula is C18H26N6O. The Kier molecular flexibility index (Phi) is 4.57. The van der Waals surface area contributed by atoms with Crippen LogP contribution in [-0.4, -0.2) is 46.4 Å². The van der Waals surface area contributed by atoms with Gasteiger partial charge in [0.25, 0.3) is 0 Å². The molecule has 0 amide bonds. The van der Waals surface area contributed by atoms with E-state index in [0.717, 1.165) is 43.5 Å². The molecule has 1 atom stereocenters. The highest BCUT2D eigenvalue weighted by atomic mass is 16.5. The number of hydrogen-bond donors (Lipinski definition) is 1. The Hall–Kier alpha value is -2.15. The number of aryl methyl sites for hydroxylation is 1. The molecule has 2 heterocycles. The molecule has 0 radical (unpaired) electrons. The van der Waals surface area contributed by atoms with E-state index in [-0.39, 0.29) is 0 Å². The lowest BCUT2D eigenvalue weighted by molar-refractivity contribution is 0.347. The second-order valence-corrected chi connectivity index (χ2v) is 7.12. The van der Waals surface area contributed by atoms with Crippen LogP contribution in [0.15, 0.2) is 24.3 Å². The minimum Gasteiger partial charge on any atom is -0.497 e. The van der Waals surface area contributed by atoms with E-state index in [1.807, 2.05) is 7.05 Å². The van der Waals surface area contributed by atoms with Crippen LogP contribution < -0.4 is 15.0 Å². The van der Waals surface area contributed by atoms with Crippen LogP contribution in [0.4, 0.5) is 5.95 Å². The molecule has 2 aliphatic rings. The highest BCUT2D eigenvalue weighted by Gasteiger charge is 2.34. The summed E-state index contributed by atoms with van der Waals surface area (Å²) in [7, 11) is 3.61. The summed E-state index contributed by atoms with van der Waals surface area (Å²) in [6.07, 6.45) is 4.89. The molecule has 134 valence electrons. The standard InChI is InChI=1S/C18H26N6O/c1-23-18(20-21-22-23)24-11-9-15(10-12-24)19-17(13-3-4-13)14-5-7-16(25-2)8-6-14/h5-8,13,15,17,19H,3-4,9-12H2,1-2H3. The van der Waals surface area contributed by atoms with Gasteiger partial charge in [0.1, 0.15) is 5.75 Å². The van der Waals surface area contributed by atoms with Crippen molar-refractivity contribution in [2.24, 2.45) is 13.0 Å². The van der Waals surface area contributed by atoms with Crippen LogP contribution in [0.25, 0.3) is 0 Å². The van der Waals surface area contributed by atoms with E-state index in [1.165, 1.54) is 18.4 Å². The van der Waals surface area contributed by atoms with Crippen molar-refractivity contribution >= 4 is 5.95 Å². The zero-order chi connectivity index (χ0) is 17.2. The van der Waals surface area contributed by atoms with E-state index in [2.05, 4.69) is 50.0 Å². The lowest BCUT2D eigenvalue weighted by Gasteiger charge is -2.34. The largest absolute Gasteiger partial charge is 0.497 e. The number of tetrazole rings is 1. The summed E-state index contributed by atoms with van der Waals surface area (Å²) in [5.41, 5.74) is 1.38. The molecule has 1 aromatic heterocycles. The Balaban J connectivity index is 1.38. The Bertz CT molecular complexity index is 688. The Morgan fingerprint density at radius 2 is 1.84 bits per heavy atom. The fourth-order valence-electron chi connectivity index (χ4n) is 3.74. The van der Waals surface area contributed by atoms with E-state index in [9.17, 15) is 0 Å². The molecule has 25 heavy (non-hydrogen) atoms. The number of benzene rings is 1. The van der Waals surface area contributed by atoms with Gasteiger partial charge in [0.2, 0.25) is 5.95 Å². The summed E-state index contributed by atoms with van der Waals surface area (Å²) in [5, 5.41) is 15.7. The number of piperidine rings is 1. The van der Waals surface area contributed by atoms with Crippen LogP contribution in [0.5, 0.6) is 5.75 Å². The third kappa shape index (κ3) is 3.61. The average molecular weight is 342 g/mol. The van der Waals surface area contributed by atoms with Crippen molar-refractivity contribution in [2.45, 2.75) is 37.8 Å². The van der Waals surface area contributed by atoms with Crippen molar-refractivity contribution in [3.05, 3.63) is 29.8 Å². The van der Waals surface area contributed by atoms with Gasteiger partial charge in [0, 0.05) is 32.2 Å². The molecule has 4 rings (SSSR count). The highest BCUT2D eigenvalue weighted by molar-refractivity contribution is 5.31. The van der Waals surface area contributed by atoms with Gasteiger partial charge in [0.05, 0.1) is 7.11 Å². The van der Waals surface area contributed by atoms with Crippen LogP contribution >= 0.6 is 0 Å². The van der Waals surface area contributed by atoms with Gasteiger partial charge >= 0.3 is 0 Å². The van der Waals surface area contributed by atoms with Crippen molar-refractivity contribution in [3.63, 3.8) is 0 Å². The lowest BCUT2D eigenvalue weighted by Crippen LogP contribution is -2.45. The minimum absolute atomic E-state index is 0.457. The van der Waals surface area contributed by atoms with Gasteiger partial charge in [-0.3, -0.25) is 0 Å². The second kappa shape index (κ2) is 7.00. The number of hydrogen-bond acceptors (Lipinski definition) is 6. The first kappa shape index (κ1) is 16.3. The fraction of sp³-hybridized carbons (Fsp3) is 0.611. The summed E-state index contributed by atoms with van der Waals surface area (Å²) < 4.78 is 7.04. The minimum atomic E-state index is 0.457. The van der Waals surface area contributed by atoms with Gasteiger partial charge in [-0.15, -0.1) is 0 Å². The maximum Gasteiger partial charge on any atom is 0.245 e. The average Bonchev–Trinajstić information content (AvgIpc) is 3.41. The van der Waals surface area contributed by atoms with Crippen molar-refractivity contribution in [1.82, 2.24) is 25.5 Å². The van der Waals surface area contributed by atoms with Gasteiger partial charge in [-0.1, -0.05) is 17.2 Å². The van der Waals surface area contributed by atoms with Crippen molar-refractivity contribution in [3.8, 4) is 5.75 Å². The second-order valence-electron chi connectivity index (χ2n) is 7.12. The molecule has 1 saturated carbocycles. The number of methoxy groups -OCH3 is 1. The first-order valence-corrected chi connectivity index (χ1v) is 9.12. The molecule has 1 aromatic carbocycles. The zero-order valence-corrected chi connectivity index (χ0v) is 14.9. The molecule has 0 bridgehead atoms. The number of ether oxygens (including phenoxy) is 1. The molecule has 7 heteroatoms. The maximum atomic E-state index is 5.29. The van der Waals surface area contributed by atoms with Gasteiger partial charge in [-0.05, 0) is 59.7 Å². The normalized spacial score (nSPS) is 19.8. The van der Waals surface area contributed by atoms with Gasteiger partial charge in [0.15, 0.2) is 0 Å². The van der Waals surface area contributed by atoms with E-state index >= 15 is 0 Å². The molecule has 1 aliphatic heterocycles. The van der Waals surface area contributed by atoms with Gasteiger partial charge in [-0.25, -0.2) is 4.68 Å². The monoisotopic (exact) mass is 342 g/mol. The molecule has 1 aliphatic carbocycles. The summed E-state index contributed by atoms with van der Waals surface area (Å²) in [6.45, 7) is 1.98. The molecule has 2 fully saturated rings. The summed E-state index contributed by atoms with van der Waals surface area (Å²) >= 11 is 0. The van der Waals surface area contributed by atoms with Crippen molar-refractivity contribution < 1.29 is 4.74 Å². The van der Waals surface area contributed by atoms with E-state index < -0.39 is 0 Å². The Morgan fingerprint density at radius 3 is 2.40 bits per heavy atom. The molecule has 1 saturated heterocycles. The van der Waals surface area contributed by atoms with E-state index in [1.54, 1.807) is 11.8 Å². The maximum absolute atomic E-state index is 5.29. The Morgan fingerprint density at radius 1 is 1.12 bits per heavy atom. The third-order valence-electron chi connectivity index (χ3n) is 5.36. The summed E-state index contributed by atoms with van der Waals surface area (Å²) in [5.74, 6) is 2.56. The number of aromatic nitrogens is 4. The highest BCUT2D eigenvalue weighted by Crippen LogP contribution is 2.42. The molecule has 1 N–H and O–H groups in total.